The van der Waals surface area contributed by atoms with Crippen molar-refractivity contribution in [2.24, 2.45) is 5.92 Å². The number of benzene rings is 1. The highest BCUT2D eigenvalue weighted by molar-refractivity contribution is 5.87. The molecule has 0 aliphatic carbocycles. The number of aromatic nitrogens is 2. The van der Waals surface area contributed by atoms with Gasteiger partial charge in [-0.3, -0.25) is 4.90 Å². The summed E-state index contributed by atoms with van der Waals surface area (Å²) in [5.41, 5.74) is 1.56. The number of aromatic carboxylic acids is 1. The van der Waals surface area contributed by atoms with Crippen LogP contribution in [-0.4, -0.2) is 39.0 Å². The predicted molar refractivity (Wildman–Crippen MR) is 79.1 cm³/mol. The molecule has 3 rings (SSSR count). The summed E-state index contributed by atoms with van der Waals surface area (Å²) in [6.45, 7) is 3.04. The van der Waals surface area contributed by atoms with E-state index in [9.17, 15) is 4.79 Å². The van der Waals surface area contributed by atoms with Crippen LogP contribution in [0.4, 0.5) is 0 Å². The van der Waals surface area contributed by atoms with E-state index in [0.717, 1.165) is 31.9 Å². The number of hydrogen-bond acceptors (Lipinski definition) is 3. The largest absolute Gasteiger partial charge is 0.478 e. The maximum atomic E-state index is 10.8. The zero-order valence-electron chi connectivity index (χ0n) is 11.8. The minimum Gasteiger partial charge on any atom is -0.478 e. The zero-order valence-corrected chi connectivity index (χ0v) is 11.8. The lowest BCUT2D eigenvalue weighted by molar-refractivity contribution is 0.0697. The van der Waals surface area contributed by atoms with Gasteiger partial charge in [0.1, 0.15) is 5.82 Å². The molecule has 110 valence electrons. The molecule has 2 heterocycles. The Hall–Kier alpha value is -2.14. The molecule has 5 heteroatoms. The van der Waals surface area contributed by atoms with Crippen molar-refractivity contribution in [3.8, 4) is 0 Å². The van der Waals surface area contributed by atoms with E-state index in [2.05, 4.69) is 14.9 Å². The molecular weight excluding hydrogens is 266 g/mol. The van der Waals surface area contributed by atoms with Gasteiger partial charge < -0.3 is 10.1 Å². The number of carboxylic acid groups (broad SMARTS) is 1. The third kappa shape index (κ3) is 3.49. The third-order valence-electron chi connectivity index (χ3n) is 4.02. The van der Waals surface area contributed by atoms with Crippen LogP contribution in [0.1, 0.15) is 28.2 Å². The number of H-pyrrole nitrogens is 1. The van der Waals surface area contributed by atoms with Crippen LogP contribution in [0.25, 0.3) is 0 Å². The second-order valence-electron chi connectivity index (χ2n) is 5.63. The molecule has 5 nitrogen and oxygen atoms in total. The van der Waals surface area contributed by atoms with Crippen LogP contribution in [0.5, 0.6) is 0 Å². The Morgan fingerprint density at radius 3 is 2.86 bits per heavy atom. The minimum atomic E-state index is -0.868. The molecule has 1 aromatic carbocycles. The van der Waals surface area contributed by atoms with Gasteiger partial charge in [-0.1, -0.05) is 12.1 Å². The molecule has 2 N–H and O–H groups in total. The van der Waals surface area contributed by atoms with E-state index in [1.807, 2.05) is 18.3 Å². The molecule has 21 heavy (non-hydrogen) atoms. The fourth-order valence-corrected chi connectivity index (χ4v) is 2.94. The van der Waals surface area contributed by atoms with E-state index in [-0.39, 0.29) is 0 Å². The second kappa shape index (κ2) is 6.10. The number of carbonyl (C=O) groups is 1. The molecule has 2 aromatic rings. The number of aromatic amines is 1. The maximum absolute atomic E-state index is 10.8. The quantitative estimate of drug-likeness (QED) is 0.883. The van der Waals surface area contributed by atoms with Gasteiger partial charge in [0.2, 0.25) is 0 Å². The molecule has 1 aliphatic rings. The molecule has 0 radical (unpaired) electrons. The highest BCUT2D eigenvalue weighted by Crippen LogP contribution is 2.22. The number of hydrogen-bond donors (Lipinski definition) is 2. The van der Waals surface area contributed by atoms with Crippen LogP contribution in [0.3, 0.4) is 0 Å². The summed E-state index contributed by atoms with van der Waals surface area (Å²) in [5, 5.41) is 8.90. The summed E-state index contributed by atoms with van der Waals surface area (Å²) < 4.78 is 0. The third-order valence-corrected chi connectivity index (χ3v) is 4.02. The van der Waals surface area contributed by atoms with Gasteiger partial charge >= 0.3 is 5.97 Å². The number of likely N-dealkylation sites (tertiary alicyclic amines) is 1. The lowest BCUT2D eigenvalue weighted by Crippen LogP contribution is -2.21. The van der Waals surface area contributed by atoms with E-state index in [1.165, 1.54) is 12.0 Å². The summed E-state index contributed by atoms with van der Waals surface area (Å²) >= 11 is 0. The number of carboxylic acids is 1. The van der Waals surface area contributed by atoms with Crippen molar-refractivity contribution in [1.82, 2.24) is 14.9 Å². The van der Waals surface area contributed by atoms with Crippen LogP contribution >= 0.6 is 0 Å². The Kier molecular flexibility index (Phi) is 4.01. The normalized spacial score (nSPS) is 19.0. The van der Waals surface area contributed by atoms with Gasteiger partial charge in [0.25, 0.3) is 0 Å². The Bertz CT molecular complexity index is 592. The molecule has 0 bridgehead atoms. The Labute approximate surface area is 123 Å². The van der Waals surface area contributed by atoms with Gasteiger partial charge in [-0.25, -0.2) is 9.78 Å². The number of imidazole rings is 1. The van der Waals surface area contributed by atoms with E-state index in [0.29, 0.717) is 11.5 Å². The summed E-state index contributed by atoms with van der Waals surface area (Å²) in [4.78, 5) is 20.6. The monoisotopic (exact) mass is 285 g/mol. The van der Waals surface area contributed by atoms with Gasteiger partial charge in [0.15, 0.2) is 0 Å². The number of nitrogens with one attached hydrogen (secondary N) is 1. The first kappa shape index (κ1) is 13.8. The lowest BCUT2D eigenvalue weighted by Gasteiger charge is -2.14. The van der Waals surface area contributed by atoms with Crippen molar-refractivity contribution in [2.75, 3.05) is 13.1 Å². The van der Waals surface area contributed by atoms with Crippen LogP contribution < -0.4 is 0 Å². The molecular formula is C16H19N3O2. The van der Waals surface area contributed by atoms with E-state index < -0.39 is 5.97 Å². The molecule has 1 atom stereocenters. The molecule has 1 saturated heterocycles. The molecule has 1 aliphatic heterocycles. The minimum absolute atomic E-state index is 0.351. The van der Waals surface area contributed by atoms with Crippen molar-refractivity contribution in [3.63, 3.8) is 0 Å². The number of rotatable bonds is 5. The van der Waals surface area contributed by atoms with Crippen LogP contribution in [0, 0.1) is 5.92 Å². The second-order valence-corrected chi connectivity index (χ2v) is 5.63. The van der Waals surface area contributed by atoms with E-state index in [4.69, 9.17) is 5.11 Å². The average molecular weight is 285 g/mol. The fourth-order valence-electron chi connectivity index (χ4n) is 2.94. The van der Waals surface area contributed by atoms with Crippen molar-refractivity contribution in [1.29, 1.82) is 0 Å². The van der Waals surface area contributed by atoms with Crippen molar-refractivity contribution >= 4 is 5.97 Å². The smallest absolute Gasteiger partial charge is 0.335 e. The first-order valence-corrected chi connectivity index (χ1v) is 7.23. The molecule has 1 aromatic heterocycles. The summed E-state index contributed by atoms with van der Waals surface area (Å²) in [6.07, 6.45) is 5.83. The van der Waals surface area contributed by atoms with Crippen LogP contribution in [0.2, 0.25) is 0 Å². The summed E-state index contributed by atoms with van der Waals surface area (Å²) in [7, 11) is 0. The average Bonchev–Trinajstić information content (AvgIpc) is 3.12. The zero-order chi connectivity index (χ0) is 14.7. The lowest BCUT2D eigenvalue weighted by atomic mass is 9.98. The van der Waals surface area contributed by atoms with Crippen molar-refractivity contribution in [2.45, 2.75) is 19.4 Å². The van der Waals surface area contributed by atoms with Gasteiger partial charge in [0, 0.05) is 18.9 Å². The Balaban J connectivity index is 1.53. The standard InChI is InChI=1S/C16H19N3O2/c20-16(21)14-3-1-12(2-4-14)9-13-5-8-19(10-13)11-15-17-6-7-18-15/h1-4,6-7,13H,5,8-11H2,(H,17,18)(H,20,21)/t13-/m1/s1. The highest BCUT2D eigenvalue weighted by Gasteiger charge is 2.23. The van der Waals surface area contributed by atoms with Crippen LogP contribution in [-0.2, 0) is 13.0 Å². The van der Waals surface area contributed by atoms with Gasteiger partial charge in [-0.15, -0.1) is 0 Å². The first-order valence-electron chi connectivity index (χ1n) is 7.23. The molecule has 0 unspecified atom stereocenters. The van der Waals surface area contributed by atoms with Gasteiger partial charge in [-0.05, 0) is 43.0 Å². The topological polar surface area (TPSA) is 69.2 Å². The van der Waals surface area contributed by atoms with Crippen molar-refractivity contribution in [3.05, 3.63) is 53.6 Å². The van der Waals surface area contributed by atoms with Gasteiger partial charge in [0.05, 0.1) is 12.1 Å². The van der Waals surface area contributed by atoms with E-state index >= 15 is 0 Å². The Morgan fingerprint density at radius 2 is 2.19 bits per heavy atom. The Morgan fingerprint density at radius 1 is 1.38 bits per heavy atom. The SMILES string of the molecule is O=C(O)c1ccc(C[C@H]2CCN(Cc3ncc[nH]3)C2)cc1. The van der Waals surface area contributed by atoms with Gasteiger partial charge in [-0.2, -0.15) is 0 Å². The predicted octanol–water partition coefficient (Wildman–Crippen LogP) is 2.17. The molecule has 0 saturated carbocycles. The molecule has 1 fully saturated rings. The fraction of sp³-hybridized carbons (Fsp3) is 0.375. The first-order chi connectivity index (χ1) is 10.2. The maximum Gasteiger partial charge on any atom is 0.335 e. The molecule has 0 amide bonds. The molecule has 0 spiro atoms. The van der Waals surface area contributed by atoms with E-state index in [1.54, 1.807) is 18.3 Å². The highest BCUT2D eigenvalue weighted by atomic mass is 16.4. The van der Waals surface area contributed by atoms with Crippen LogP contribution in [0.15, 0.2) is 36.7 Å². The number of nitrogens with zero attached hydrogens (tertiary/aromatic N) is 2. The summed E-state index contributed by atoms with van der Waals surface area (Å²) in [5.74, 6) is 0.782. The van der Waals surface area contributed by atoms with Crippen molar-refractivity contribution < 1.29 is 9.90 Å². The summed E-state index contributed by atoms with van der Waals surface area (Å²) in [6, 6.07) is 7.23.